The van der Waals surface area contributed by atoms with Crippen molar-refractivity contribution in [3.05, 3.63) is 70.8 Å². The molecule has 0 amide bonds. The van der Waals surface area contributed by atoms with Gasteiger partial charge in [-0.1, -0.05) is 70.7 Å². The maximum Gasteiger partial charge on any atom is 0.421 e. The molecule has 0 N–H and O–H groups in total. The molecule has 0 spiro atoms. The van der Waals surface area contributed by atoms with Crippen LogP contribution >= 0.6 is 46.4 Å². The first-order valence-electron chi connectivity index (χ1n) is 9.41. The first-order chi connectivity index (χ1) is 15.5. The lowest BCUT2D eigenvalue weighted by Gasteiger charge is -2.36. The van der Waals surface area contributed by atoms with Gasteiger partial charge in [0, 0.05) is 0 Å². The molecule has 0 saturated carbocycles. The van der Waals surface area contributed by atoms with Crippen LogP contribution in [0.1, 0.15) is 46.9 Å². The van der Waals surface area contributed by atoms with E-state index in [0.29, 0.717) is 0 Å². The Bertz CT molecular complexity index is 978. The van der Waals surface area contributed by atoms with Crippen molar-refractivity contribution in [2.75, 3.05) is 0 Å². The Kier molecular flexibility index (Phi) is 8.70. The second-order valence-corrected chi connectivity index (χ2v) is 10.5. The van der Waals surface area contributed by atoms with Gasteiger partial charge in [0.2, 0.25) is 8.67 Å². The molecule has 0 aliphatic heterocycles. The second kappa shape index (κ2) is 10.4. The molecule has 0 aromatic heterocycles. The maximum absolute atomic E-state index is 13.5. The molecule has 0 radical (unpaired) electrons. The van der Waals surface area contributed by atoms with E-state index in [9.17, 15) is 26.3 Å². The van der Waals surface area contributed by atoms with Gasteiger partial charge in [0.15, 0.2) is 0 Å². The van der Waals surface area contributed by atoms with Crippen molar-refractivity contribution in [3.8, 4) is 12.1 Å². The van der Waals surface area contributed by atoms with Crippen molar-refractivity contribution < 1.29 is 26.3 Å². The number of halogens is 10. The predicted octanol–water partition coefficient (Wildman–Crippen LogP) is 8.55. The summed E-state index contributed by atoms with van der Waals surface area (Å²) in [6.45, 7) is 0. The highest BCUT2D eigenvalue weighted by molar-refractivity contribution is 6.49. The molecule has 0 fully saturated rings. The smallest absolute Gasteiger partial charge is 0.192 e. The molecule has 12 heteroatoms. The highest BCUT2D eigenvalue weighted by Crippen LogP contribution is 2.54. The molecule has 2 aromatic rings. The molecule has 34 heavy (non-hydrogen) atoms. The van der Waals surface area contributed by atoms with E-state index in [4.69, 9.17) is 56.9 Å². The van der Waals surface area contributed by atoms with Crippen molar-refractivity contribution in [2.45, 2.75) is 45.7 Å². The van der Waals surface area contributed by atoms with Crippen LogP contribution in [0.25, 0.3) is 0 Å². The summed E-state index contributed by atoms with van der Waals surface area (Å²) >= 11 is 22.5. The van der Waals surface area contributed by atoms with Crippen molar-refractivity contribution in [2.24, 2.45) is 0 Å². The molecule has 0 aliphatic rings. The van der Waals surface area contributed by atoms with Crippen LogP contribution in [0.15, 0.2) is 48.5 Å². The van der Waals surface area contributed by atoms with Crippen molar-refractivity contribution in [3.63, 3.8) is 0 Å². The number of hydrogen-bond acceptors (Lipinski definition) is 2. The van der Waals surface area contributed by atoms with E-state index in [-0.39, 0.29) is 22.3 Å². The fraction of sp³-hybridized carbons (Fsp3) is 0.364. The van der Waals surface area contributed by atoms with Gasteiger partial charge in [-0.3, -0.25) is 0 Å². The molecule has 182 valence electrons. The monoisotopic (exact) mass is 560 g/mol. The van der Waals surface area contributed by atoms with Gasteiger partial charge in [-0.05, 0) is 60.1 Å². The molecule has 2 nitrogen and oxygen atoms in total. The summed E-state index contributed by atoms with van der Waals surface area (Å²) in [5.74, 6) is -2.73. The van der Waals surface area contributed by atoms with E-state index in [1.54, 1.807) is 0 Å². The zero-order valence-electron chi connectivity index (χ0n) is 16.9. The van der Waals surface area contributed by atoms with Crippen LogP contribution in [-0.2, 0) is 0 Å². The molecule has 2 aromatic carbocycles. The minimum atomic E-state index is -5.11. The molecule has 2 rings (SSSR count). The third kappa shape index (κ3) is 6.64. The largest absolute Gasteiger partial charge is 0.421 e. The molecule has 2 unspecified atom stereocenters. The summed E-state index contributed by atoms with van der Waals surface area (Å²) in [5, 5.41) is 18.0. The Balaban J connectivity index is 2.71. The maximum atomic E-state index is 13.5. The van der Waals surface area contributed by atoms with Crippen molar-refractivity contribution >= 4 is 46.4 Å². The third-order valence-corrected chi connectivity index (χ3v) is 6.68. The normalized spacial score (nSPS) is 14.7. The lowest BCUT2D eigenvalue weighted by atomic mass is 9.75. The Morgan fingerprint density at radius 3 is 1.06 bits per heavy atom. The first-order valence-corrected chi connectivity index (χ1v) is 10.9. The average molecular weight is 562 g/mol. The molecular formula is C22H14Cl4F6N2. The Hall–Kier alpha value is -1.84. The number of rotatable bonds is 7. The molecule has 2 atom stereocenters. The Morgan fingerprint density at radius 2 is 0.853 bits per heavy atom. The zero-order valence-corrected chi connectivity index (χ0v) is 19.9. The lowest BCUT2D eigenvalue weighted by Crippen LogP contribution is -2.39. The van der Waals surface area contributed by atoms with Gasteiger partial charge in [0.25, 0.3) is 0 Å². The van der Waals surface area contributed by atoms with E-state index in [1.165, 1.54) is 48.5 Å². The summed E-state index contributed by atoms with van der Waals surface area (Å²) in [5.41, 5.74) is 0.621. The number of alkyl halides is 10. The van der Waals surface area contributed by atoms with Crippen LogP contribution in [0.4, 0.5) is 26.3 Å². The van der Waals surface area contributed by atoms with Gasteiger partial charge < -0.3 is 0 Å². The molecule has 0 aliphatic carbocycles. The molecule has 0 heterocycles. The highest BCUT2D eigenvalue weighted by atomic mass is 35.5. The zero-order chi connectivity index (χ0) is 25.9. The SMILES string of the molecule is N#Cc1ccc(C(CC(Cl)(Cl)C(F)(F)F)C(CC(Cl)(Cl)C(F)(F)F)c2ccc(C#N)cc2)cc1. The van der Waals surface area contributed by atoms with Gasteiger partial charge in [-0.25, -0.2) is 0 Å². The molecule has 0 saturated heterocycles. The van der Waals surface area contributed by atoms with Crippen molar-refractivity contribution in [1.29, 1.82) is 10.5 Å². The highest BCUT2D eigenvalue weighted by Gasteiger charge is 2.57. The summed E-state index contributed by atoms with van der Waals surface area (Å²) in [6, 6.07) is 14.1. The van der Waals surface area contributed by atoms with Crippen LogP contribution in [-0.4, -0.2) is 21.0 Å². The van der Waals surface area contributed by atoms with Gasteiger partial charge >= 0.3 is 12.4 Å². The van der Waals surface area contributed by atoms with Crippen LogP contribution in [0.5, 0.6) is 0 Å². The summed E-state index contributed by atoms with van der Waals surface area (Å²) < 4.78 is 74.6. The minimum Gasteiger partial charge on any atom is -0.192 e. The van der Waals surface area contributed by atoms with Gasteiger partial charge in [-0.2, -0.15) is 36.9 Å². The van der Waals surface area contributed by atoms with Crippen LogP contribution < -0.4 is 0 Å². The van der Waals surface area contributed by atoms with E-state index in [0.717, 1.165) is 0 Å². The number of benzene rings is 2. The van der Waals surface area contributed by atoms with Crippen molar-refractivity contribution in [1.82, 2.24) is 0 Å². The third-order valence-electron chi connectivity index (χ3n) is 5.20. The van der Waals surface area contributed by atoms with Gasteiger partial charge in [-0.15, -0.1) is 0 Å². The number of hydrogen-bond donors (Lipinski definition) is 0. The van der Waals surface area contributed by atoms with Gasteiger partial charge in [0.1, 0.15) is 0 Å². The van der Waals surface area contributed by atoms with Crippen LogP contribution in [0.2, 0.25) is 0 Å². The Morgan fingerprint density at radius 1 is 0.588 bits per heavy atom. The topological polar surface area (TPSA) is 47.6 Å². The van der Waals surface area contributed by atoms with Crippen LogP contribution in [0, 0.1) is 22.7 Å². The van der Waals surface area contributed by atoms with E-state index < -0.39 is 45.7 Å². The fourth-order valence-corrected chi connectivity index (χ4v) is 4.04. The summed E-state index contributed by atoms with van der Waals surface area (Å²) in [4.78, 5) is 0. The van der Waals surface area contributed by atoms with E-state index >= 15 is 0 Å². The molecule has 0 bridgehead atoms. The average Bonchev–Trinajstić information content (AvgIpc) is 2.74. The quantitative estimate of drug-likeness (QED) is 0.251. The second-order valence-electron chi connectivity index (χ2n) is 7.49. The fourth-order valence-electron chi connectivity index (χ4n) is 3.38. The number of nitriles is 2. The Labute approximate surface area is 211 Å². The minimum absolute atomic E-state index is 0.134. The summed E-state index contributed by atoms with van der Waals surface area (Å²) in [7, 11) is 0. The van der Waals surface area contributed by atoms with E-state index in [2.05, 4.69) is 0 Å². The number of nitrogens with zero attached hydrogens (tertiary/aromatic N) is 2. The first kappa shape index (κ1) is 28.4. The van der Waals surface area contributed by atoms with E-state index in [1.807, 2.05) is 12.1 Å². The molecular weight excluding hydrogens is 548 g/mol. The summed E-state index contributed by atoms with van der Waals surface area (Å²) in [6.07, 6.45) is -12.3. The standard InChI is InChI=1S/C22H14Cl4F6N2/c23-19(24,21(27,28)29)9-17(15-5-1-13(11-33)2-6-15)18(10-20(25,26)22(30,31)32)16-7-3-14(12-34)4-8-16/h1-8,17-18H,9-10H2. The predicted molar refractivity (Wildman–Crippen MR) is 118 cm³/mol. The lowest BCUT2D eigenvalue weighted by molar-refractivity contribution is -0.148. The van der Waals surface area contributed by atoms with Crippen LogP contribution in [0.3, 0.4) is 0 Å². The van der Waals surface area contributed by atoms with Gasteiger partial charge in [0.05, 0.1) is 23.3 Å².